The van der Waals surface area contributed by atoms with Gasteiger partial charge in [0.1, 0.15) is 6.54 Å². The number of amides is 1. The van der Waals surface area contributed by atoms with Crippen LogP contribution in [-0.4, -0.2) is 30.1 Å². The number of carbonyl (C=O) groups excluding carboxylic acids is 1. The van der Waals surface area contributed by atoms with Crippen LogP contribution in [0.5, 0.6) is 0 Å². The van der Waals surface area contributed by atoms with Crippen molar-refractivity contribution in [1.29, 1.82) is 0 Å². The third-order valence-corrected chi connectivity index (χ3v) is 1.68. The smallest absolute Gasteiger partial charge is 0.333 e. The molecule has 0 aromatic carbocycles. The summed E-state index contributed by atoms with van der Waals surface area (Å²) >= 11 is 0. The Balaban J connectivity index is 4.51. The molecule has 2 nitrogen and oxygen atoms in total. The average Bonchev–Trinajstić information content (AvgIpc) is 1.95. The second kappa shape index (κ2) is 4.19. The van der Waals surface area contributed by atoms with Crippen molar-refractivity contribution in [2.24, 2.45) is 5.41 Å². The summed E-state index contributed by atoms with van der Waals surface area (Å²) in [4.78, 5) is 12.3. The maximum Gasteiger partial charge on any atom is 0.406 e. The zero-order chi connectivity index (χ0) is 11.6. The van der Waals surface area contributed by atoms with E-state index in [1.165, 1.54) is 6.92 Å². The predicted octanol–water partition coefficient (Wildman–Crippen LogP) is 2.44. The maximum atomic E-state index is 12.0. The molecule has 0 aromatic rings. The molecule has 0 spiro atoms. The molecule has 0 radical (unpaired) electrons. The van der Waals surface area contributed by atoms with E-state index in [0.717, 1.165) is 4.90 Å². The zero-order valence-corrected chi connectivity index (χ0v) is 8.90. The van der Waals surface area contributed by atoms with E-state index >= 15 is 0 Å². The quantitative estimate of drug-likeness (QED) is 0.687. The SMILES string of the molecule is CCN(CC(F)(F)F)C(=O)C(C)(C)C. The third kappa shape index (κ3) is 4.48. The van der Waals surface area contributed by atoms with E-state index in [1.807, 2.05) is 0 Å². The van der Waals surface area contributed by atoms with Crippen molar-refractivity contribution in [2.45, 2.75) is 33.9 Å². The normalized spacial score (nSPS) is 12.8. The van der Waals surface area contributed by atoms with Crippen molar-refractivity contribution >= 4 is 5.91 Å². The molecule has 0 aliphatic heterocycles. The first-order valence-electron chi connectivity index (χ1n) is 4.44. The van der Waals surface area contributed by atoms with Crippen molar-refractivity contribution in [1.82, 2.24) is 4.90 Å². The highest BCUT2D eigenvalue weighted by atomic mass is 19.4. The lowest BCUT2D eigenvalue weighted by Crippen LogP contribution is -2.44. The lowest BCUT2D eigenvalue weighted by atomic mass is 9.95. The van der Waals surface area contributed by atoms with E-state index < -0.39 is 24.0 Å². The lowest BCUT2D eigenvalue weighted by molar-refractivity contribution is -0.165. The van der Waals surface area contributed by atoms with E-state index in [4.69, 9.17) is 0 Å². The van der Waals surface area contributed by atoms with Crippen LogP contribution >= 0.6 is 0 Å². The van der Waals surface area contributed by atoms with Gasteiger partial charge in [0, 0.05) is 12.0 Å². The molecule has 0 unspecified atom stereocenters. The first-order chi connectivity index (χ1) is 6.08. The summed E-state index contributed by atoms with van der Waals surface area (Å²) in [6, 6.07) is 0. The Labute approximate surface area is 82.1 Å². The van der Waals surface area contributed by atoms with Crippen molar-refractivity contribution in [2.75, 3.05) is 13.1 Å². The van der Waals surface area contributed by atoms with E-state index in [1.54, 1.807) is 20.8 Å². The molecule has 0 N–H and O–H groups in total. The van der Waals surface area contributed by atoms with Gasteiger partial charge in [-0.3, -0.25) is 4.79 Å². The van der Waals surface area contributed by atoms with Gasteiger partial charge in [-0.05, 0) is 6.92 Å². The summed E-state index contributed by atoms with van der Waals surface area (Å²) in [5.41, 5.74) is -0.763. The zero-order valence-electron chi connectivity index (χ0n) is 8.90. The molecule has 84 valence electrons. The van der Waals surface area contributed by atoms with Crippen LogP contribution in [0.1, 0.15) is 27.7 Å². The number of hydrogen-bond donors (Lipinski definition) is 0. The van der Waals surface area contributed by atoms with Gasteiger partial charge >= 0.3 is 6.18 Å². The average molecular weight is 211 g/mol. The van der Waals surface area contributed by atoms with Gasteiger partial charge in [-0.2, -0.15) is 13.2 Å². The summed E-state index contributed by atoms with van der Waals surface area (Å²) in [6.45, 7) is 5.27. The Kier molecular flexibility index (Phi) is 3.97. The molecule has 0 aliphatic carbocycles. The molecule has 0 fully saturated rings. The lowest BCUT2D eigenvalue weighted by Gasteiger charge is -2.29. The topological polar surface area (TPSA) is 20.3 Å². The van der Waals surface area contributed by atoms with Gasteiger partial charge in [-0.15, -0.1) is 0 Å². The minimum Gasteiger partial charge on any atom is -0.333 e. The Morgan fingerprint density at radius 1 is 1.21 bits per heavy atom. The van der Waals surface area contributed by atoms with Gasteiger partial charge in [0.05, 0.1) is 0 Å². The summed E-state index contributed by atoms with van der Waals surface area (Å²) in [5, 5.41) is 0. The highest BCUT2D eigenvalue weighted by Gasteiger charge is 2.35. The van der Waals surface area contributed by atoms with Gasteiger partial charge in [0.15, 0.2) is 0 Å². The van der Waals surface area contributed by atoms with Crippen molar-refractivity contribution in [3.8, 4) is 0 Å². The summed E-state index contributed by atoms with van der Waals surface area (Å²) < 4.78 is 36.1. The molecule has 0 saturated heterocycles. The number of carbonyl (C=O) groups is 1. The largest absolute Gasteiger partial charge is 0.406 e. The van der Waals surface area contributed by atoms with Crippen LogP contribution < -0.4 is 0 Å². The Bertz CT molecular complexity index is 205. The van der Waals surface area contributed by atoms with E-state index in [0.29, 0.717) is 0 Å². The van der Waals surface area contributed by atoms with Crippen LogP contribution in [0.25, 0.3) is 0 Å². The fraction of sp³-hybridized carbons (Fsp3) is 0.889. The van der Waals surface area contributed by atoms with E-state index in [9.17, 15) is 18.0 Å². The molecule has 0 aromatic heterocycles. The highest BCUT2D eigenvalue weighted by Crippen LogP contribution is 2.22. The molecule has 0 heterocycles. The minimum absolute atomic E-state index is 0.0790. The van der Waals surface area contributed by atoms with Gasteiger partial charge < -0.3 is 4.90 Å². The maximum absolute atomic E-state index is 12.0. The Hall–Kier alpha value is -0.740. The Morgan fingerprint density at radius 2 is 1.64 bits per heavy atom. The van der Waals surface area contributed by atoms with Crippen LogP contribution in [0, 0.1) is 5.41 Å². The standard InChI is InChI=1S/C9H16F3NO/c1-5-13(6-9(10,11)12)7(14)8(2,3)4/h5-6H2,1-4H3. The van der Waals surface area contributed by atoms with Crippen LogP contribution in [0.3, 0.4) is 0 Å². The summed E-state index contributed by atoms with van der Waals surface area (Å²) in [6.07, 6.45) is -4.32. The van der Waals surface area contributed by atoms with E-state index in [2.05, 4.69) is 0 Å². The molecule has 5 heteroatoms. The summed E-state index contributed by atoms with van der Waals surface area (Å²) in [7, 11) is 0. The van der Waals surface area contributed by atoms with Crippen LogP contribution in [0.2, 0.25) is 0 Å². The molecule has 1 amide bonds. The Morgan fingerprint density at radius 3 is 1.86 bits per heavy atom. The molecule has 14 heavy (non-hydrogen) atoms. The van der Waals surface area contributed by atoms with Crippen LogP contribution in [0.15, 0.2) is 0 Å². The summed E-state index contributed by atoms with van der Waals surface area (Å²) in [5.74, 6) is -0.475. The number of nitrogens with zero attached hydrogens (tertiary/aromatic N) is 1. The minimum atomic E-state index is -4.32. The van der Waals surface area contributed by atoms with Crippen molar-refractivity contribution in [3.63, 3.8) is 0 Å². The fourth-order valence-corrected chi connectivity index (χ4v) is 1.02. The first-order valence-corrected chi connectivity index (χ1v) is 4.44. The number of halogens is 3. The van der Waals surface area contributed by atoms with E-state index in [-0.39, 0.29) is 6.54 Å². The van der Waals surface area contributed by atoms with Crippen LogP contribution in [-0.2, 0) is 4.79 Å². The predicted molar refractivity (Wildman–Crippen MR) is 47.8 cm³/mol. The highest BCUT2D eigenvalue weighted by molar-refractivity contribution is 5.81. The van der Waals surface area contributed by atoms with Gasteiger partial charge in [0.25, 0.3) is 0 Å². The van der Waals surface area contributed by atoms with Crippen LogP contribution in [0.4, 0.5) is 13.2 Å². The molecule has 0 bridgehead atoms. The second-order valence-electron chi connectivity index (χ2n) is 4.18. The number of rotatable bonds is 2. The first kappa shape index (κ1) is 13.3. The van der Waals surface area contributed by atoms with Gasteiger partial charge in [-0.1, -0.05) is 20.8 Å². The fourth-order valence-electron chi connectivity index (χ4n) is 1.02. The number of alkyl halides is 3. The molecule has 0 saturated carbocycles. The third-order valence-electron chi connectivity index (χ3n) is 1.68. The van der Waals surface area contributed by atoms with Gasteiger partial charge in [0.2, 0.25) is 5.91 Å². The molecular weight excluding hydrogens is 195 g/mol. The molecule has 0 atom stereocenters. The monoisotopic (exact) mass is 211 g/mol. The van der Waals surface area contributed by atoms with Crippen molar-refractivity contribution < 1.29 is 18.0 Å². The van der Waals surface area contributed by atoms with Crippen molar-refractivity contribution in [3.05, 3.63) is 0 Å². The molecule has 0 rings (SSSR count). The molecule has 0 aliphatic rings. The second-order valence-corrected chi connectivity index (χ2v) is 4.18. The van der Waals surface area contributed by atoms with Gasteiger partial charge in [-0.25, -0.2) is 0 Å². The number of hydrogen-bond acceptors (Lipinski definition) is 1. The molecular formula is C9H16F3NO.